The molecule has 0 bridgehead atoms. The molecule has 0 atom stereocenters. The van der Waals surface area contributed by atoms with E-state index in [1.165, 1.54) is 24.2 Å². The summed E-state index contributed by atoms with van der Waals surface area (Å²) in [6, 6.07) is 11.0. The maximum atomic E-state index is 8.64. The van der Waals surface area contributed by atoms with Crippen LogP contribution in [-0.4, -0.2) is 9.97 Å². The van der Waals surface area contributed by atoms with Gasteiger partial charge in [0, 0.05) is 12.4 Å². The molecular formula is C12H6N4S. The van der Waals surface area contributed by atoms with E-state index in [4.69, 9.17) is 10.5 Å². The van der Waals surface area contributed by atoms with Gasteiger partial charge in [0.2, 0.25) is 0 Å². The van der Waals surface area contributed by atoms with E-state index < -0.39 is 0 Å². The molecule has 0 fully saturated rings. The Morgan fingerprint density at radius 2 is 1.29 bits per heavy atom. The van der Waals surface area contributed by atoms with Gasteiger partial charge in [-0.2, -0.15) is 10.5 Å². The summed E-state index contributed by atoms with van der Waals surface area (Å²) in [5.74, 6) is 0. The molecule has 0 radical (unpaired) electrons. The summed E-state index contributed by atoms with van der Waals surface area (Å²) < 4.78 is 0. The van der Waals surface area contributed by atoms with Gasteiger partial charge in [-0.3, -0.25) is 0 Å². The predicted octanol–water partition coefficient (Wildman–Crippen LogP) is 2.37. The van der Waals surface area contributed by atoms with E-state index in [2.05, 4.69) is 9.97 Å². The normalized spacial score (nSPS) is 9.29. The Bertz CT molecular complexity index is 535. The van der Waals surface area contributed by atoms with Crippen LogP contribution in [0.3, 0.4) is 0 Å². The summed E-state index contributed by atoms with van der Waals surface area (Å²) in [6.07, 6.45) is 3.04. The Morgan fingerprint density at radius 3 is 1.59 bits per heavy atom. The van der Waals surface area contributed by atoms with Gasteiger partial charge in [0.25, 0.3) is 0 Å². The number of hydrogen-bond donors (Lipinski definition) is 0. The van der Waals surface area contributed by atoms with E-state index in [-0.39, 0.29) is 0 Å². The fourth-order valence-corrected chi connectivity index (χ4v) is 1.82. The van der Waals surface area contributed by atoms with Crippen molar-refractivity contribution in [2.75, 3.05) is 0 Å². The van der Waals surface area contributed by atoms with Crippen LogP contribution in [0, 0.1) is 22.7 Å². The van der Waals surface area contributed by atoms with Gasteiger partial charge in [-0.1, -0.05) is 11.8 Å². The average molecular weight is 238 g/mol. The molecule has 2 rings (SSSR count). The topological polar surface area (TPSA) is 73.4 Å². The molecule has 2 aromatic rings. The quantitative estimate of drug-likeness (QED) is 0.803. The van der Waals surface area contributed by atoms with E-state index in [0.717, 1.165) is 10.1 Å². The Morgan fingerprint density at radius 1 is 0.824 bits per heavy atom. The van der Waals surface area contributed by atoms with Gasteiger partial charge in [0.15, 0.2) is 0 Å². The van der Waals surface area contributed by atoms with Crippen molar-refractivity contribution in [2.24, 2.45) is 0 Å². The van der Waals surface area contributed by atoms with Gasteiger partial charge >= 0.3 is 0 Å². The number of pyridine rings is 2. The highest BCUT2D eigenvalue weighted by Gasteiger charge is 2.00. The number of rotatable bonds is 2. The fraction of sp³-hybridized carbons (Fsp3) is 0. The highest BCUT2D eigenvalue weighted by molar-refractivity contribution is 7.99. The fourth-order valence-electron chi connectivity index (χ4n) is 1.12. The predicted molar refractivity (Wildman–Crippen MR) is 62.0 cm³/mol. The van der Waals surface area contributed by atoms with Crippen LogP contribution in [0.15, 0.2) is 46.7 Å². The molecule has 17 heavy (non-hydrogen) atoms. The van der Waals surface area contributed by atoms with Gasteiger partial charge < -0.3 is 0 Å². The number of aromatic nitrogens is 2. The van der Waals surface area contributed by atoms with Crippen molar-refractivity contribution in [3.63, 3.8) is 0 Å². The van der Waals surface area contributed by atoms with Crippen molar-refractivity contribution >= 4 is 11.8 Å². The molecule has 0 aliphatic rings. The van der Waals surface area contributed by atoms with E-state index in [0.29, 0.717) is 11.1 Å². The summed E-state index contributed by atoms with van der Waals surface area (Å²) in [4.78, 5) is 8.25. The smallest absolute Gasteiger partial charge is 0.102 e. The van der Waals surface area contributed by atoms with Crippen LogP contribution >= 0.6 is 11.8 Å². The van der Waals surface area contributed by atoms with E-state index in [9.17, 15) is 0 Å². The molecule has 0 unspecified atom stereocenters. The lowest BCUT2D eigenvalue weighted by molar-refractivity contribution is 1.08. The molecule has 5 heteroatoms. The van der Waals surface area contributed by atoms with Crippen LogP contribution in [0.5, 0.6) is 0 Å². The summed E-state index contributed by atoms with van der Waals surface area (Å²) >= 11 is 1.38. The van der Waals surface area contributed by atoms with Gasteiger partial charge in [0.05, 0.1) is 11.1 Å². The second kappa shape index (κ2) is 5.11. The third-order valence-corrected chi connectivity index (χ3v) is 2.84. The zero-order valence-corrected chi connectivity index (χ0v) is 9.48. The van der Waals surface area contributed by atoms with Crippen LogP contribution in [0.1, 0.15) is 11.1 Å². The number of nitriles is 2. The first-order chi connectivity index (χ1) is 8.31. The Balaban J connectivity index is 2.14. The van der Waals surface area contributed by atoms with Crippen LogP contribution in [0.2, 0.25) is 0 Å². The van der Waals surface area contributed by atoms with Gasteiger partial charge in [-0.05, 0) is 24.3 Å². The summed E-state index contributed by atoms with van der Waals surface area (Å²) in [6.45, 7) is 0. The first kappa shape index (κ1) is 11.1. The van der Waals surface area contributed by atoms with E-state index >= 15 is 0 Å². The lowest BCUT2D eigenvalue weighted by Crippen LogP contribution is -1.84. The van der Waals surface area contributed by atoms with Crippen molar-refractivity contribution < 1.29 is 0 Å². The summed E-state index contributed by atoms with van der Waals surface area (Å²) in [7, 11) is 0. The number of hydrogen-bond acceptors (Lipinski definition) is 5. The molecule has 2 heterocycles. The van der Waals surface area contributed by atoms with Gasteiger partial charge in [0.1, 0.15) is 22.2 Å². The molecule has 0 saturated carbocycles. The maximum Gasteiger partial charge on any atom is 0.102 e. The highest BCUT2D eigenvalue weighted by atomic mass is 32.2. The molecular weight excluding hydrogens is 232 g/mol. The summed E-state index contributed by atoms with van der Waals surface area (Å²) in [5.41, 5.74) is 1.06. The standard InChI is InChI=1S/C12H6N4S/c13-5-9-1-3-11(15-7-9)17-12-4-2-10(6-14)8-16-12/h1-4,7-8H. The molecule has 0 aromatic carbocycles. The van der Waals surface area contributed by atoms with Crippen LogP contribution in [-0.2, 0) is 0 Å². The van der Waals surface area contributed by atoms with Crippen LogP contribution in [0.25, 0.3) is 0 Å². The molecule has 0 N–H and O–H groups in total. The maximum absolute atomic E-state index is 8.64. The third kappa shape index (κ3) is 2.81. The second-order valence-electron chi connectivity index (χ2n) is 3.10. The molecule has 0 saturated heterocycles. The molecule has 0 amide bonds. The van der Waals surface area contributed by atoms with Gasteiger partial charge in [-0.15, -0.1) is 0 Å². The zero-order valence-electron chi connectivity index (χ0n) is 8.66. The average Bonchev–Trinajstić information content (AvgIpc) is 2.40. The number of nitrogens with zero attached hydrogens (tertiary/aromatic N) is 4. The third-order valence-electron chi connectivity index (χ3n) is 1.94. The highest BCUT2D eigenvalue weighted by Crippen LogP contribution is 2.23. The Kier molecular flexibility index (Phi) is 3.34. The molecule has 0 aliphatic carbocycles. The Labute approximate surface area is 103 Å². The first-order valence-electron chi connectivity index (χ1n) is 4.72. The van der Waals surface area contributed by atoms with Crippen LogP contribution in [0.4, 0.5) is 0 Å². The van der Waals surface area contributed by atoms with Gasteiger partial charge in [-0.25, -0.2) is 9.97 Å². The minimum absolute atomic E-state index is 0.530. The molecule has 2 aromatic heterocycles. The minimum atomic E-state index is 0.530. The summed E-state index contributed by atoms with van der Waals surface area (Å²) in [5, 5.41) is 18.8. The second-order valence-corrected chi connectivity index (χ2v) is 4.14. The minimum Gasteiger partial charge on any atom is -0.248 e. The molecule has 0 spiro atoms. The van der Waals surface area contributed by atoms with Crippen molar-refractivity contribution in [2.45, 2.75) is 10.1 Å². The van der Waals surface area contributed by atoms with Crippen molar-refractivity contribution in [3.05, 3.63) is 47.8 Å². The van der Waals surface area contributed by atoms with E-state index in [1.807, 2.05) is 12.1 Å². The Hall–Kier alpha value is -2.37. The zero-order chi connectivity index (χ0) is 12.1. The molecule has 0 aliphatic heterocycles. The first-order valence-corrected chi connectivity index (χ1v) is 5.53. The van der Waals surface area contributed by atoms with Crippen molar-refractivity contribution in [1.29, 1.82) is 10.5 Å². The van der Waals surface area contributed by atoms with Crippen molar-refractivity contribution in [3.8, 4) is 12.1 Å². The van der Waals surface area contributed by atoms with Crippen LogP contribution < -0.4 is 0 Å². The van der Waals surface area contributed by atoms with E-state index in [1.54, 1.807) is 24.3 Å². The monoisotopic (exact) mass is 238 g/mol. The lowest BCUT2D eigenvalue weighted by atomic mass is 10.3. The largest absolute Gasteiger partial charge is 0.248 e. The lowest BCUT2D eigenvalue weighted by Gasteiger charge is -1.99. The van der Waals surface area contributed by atoms with Crippen molar-refractivity contribution in [1.82, 2.24) is 9.97 Å². The SMILES string of the molecule is N#Cc1ccc(Sc2ccc(C#N)cn2)nc1. The molecule has 80 valence electrons. The molecule has 4 nitrogen and oxygen atoms in total.